The van der Waals surface area contributed by atoms with Gasteiger partial charge in [-0.25, -0.2) is 0 Å². The first-order chi connectivity index (χ1) is 10.3. The molecule has 0 aliphatic carbocycles. The second-order valence-corrected chi connectivity index (χ2v) is 5.23. The molecule has 0 bridgehead atoms. The van der Waals surface area contributed by atoms with Gasteiger partial charge in [0.1, 0.15) is 11.5 Å². The summed E-state index contributed by atoms with van der Waals surface area (Å²) in [4.78, 5) is 0. The number of hydrogen-bond acceptors (Lipinski definition) is 2. The lowest BCUT2D eigenvalue weighted by Gasteiger charge is -2.05. The second kappa shape index (κ2) is 8.04. The van der Waals surface area contributed by atoms with Crippen molar-refractivity contribution in [3.63, 3.8) is 0 Å². The molecular weight excluding hydrogens is 317 g/mol. The van der Waals surface area contributed by atoms with Crippen molar-refractivity contribution in [1.82, 2.24) is 5.32 Å². The van der Waals surface area contributed by atoms with Crippen LogP contribution >= 0.6 is 24.0 Å². The SMILES string of the molecule is Cl.Clc1ccccc1CNCc1ccc(-c2ccccc2)o1. The van der Waals surface area contributed by atoms with Gasteiger partial charge in [-0.3, -0.25) is 0 Å². The lowest BCUT2D eigenvalue weighted by molar-refractivity contribution is 0.493. The largest absolute Gasteiger partial charge is 0.460 e. The van der Waals surface area contributed by atoms with E-state index in [0.29, 0.717) is 6.54 Å². The summed E-state index contributed by atoms with van der Waals surface area (Å²) in [5.41, 5.74) is 2.18. The second-order valence-electron chi connectivity index (χ2n) is 4.83. The van der Waals surface area contributed by atoms with Crippen LogP contribution < -0.4 is 5.32 Å². The first kappa shape index (κ1) is 16.6. The van der Waals surface area contributed by atoms with Gasteiger partial charge in [-0.15, -0.1) is 12.4 Å². The maximum absolute atomic E-state index is 6.13. The van der Waals surface area contributed by atoms with E-state index in [9.17, 15) is 0 Å². The van der Waals surface area contributed by atoms with Crippen molar-refractivity contribution in [2.45, 2.75) is 13.1 Å². The number of hydrogen-bond donors (Lipinski definition) is 1. The van der Waals surface area contributed by atoms with Crippen LogP contribution in [-0.4, -0.2) is 0 Å². The van der Waals surface area contributed by atoms with Gasteiger partial charge in [-0.1, -0.05) is 60.1 Å². The van der Waals surface area contributed by atoms with Crippen molar-refractivity contribution in [1.29, 1.82) is 0 Å². The fourth-order valence-corrected chi connectivity index (χ4v) is 2.40. The summed E-state index contributed by atoms with van der Waals surface area (Å²) in [6.07, 6.45) is 0. The predicted octanol–water partition coefficient (Wildman–Crippen LogP) is 5.31. The molecule has 0 aliphatic heterocycles. The minimum Gasteiger partial charge on any atom is -0.460 e. The van der Waals surface area contributed by atoms with Crippen molar-refractivity contribution >= 4 is 24.0 Å². The molecule has 0 saturated carbocycles. The van der Waals surface area contributed by atoms with Crippen molar-refractivity contribution in [2.75, 3.05) is 0 Å². The van der Waals surface area contributed by atoms with Gasteiger partial charge in [0.05, 0.1) is 6.54 Å². The van der Waals surface area contributed by atoms with Crippen LogP contribution in [0.25, 0.3) is 11.3 Å². The van der Waals surface area contributed by atoms with Gasteiger partial charge in [-0.2, -0.15) is 0 Å². The molecule has 3 aromatic rings. The van der Waals surface area contributed by atoms with Gasteiger partial charge in [0.25, 0.3) is 0 Å². The third kappa shape index (κ3) is 4.14. The average molecular weight is 334 g/mol. The molecule has 4 heteroatoms. The van der Waals surface area contributed by atoms with E-state index in [2.05, 4.69) is 5.32 Å². The molecule has 3 rings (SSSR count). The van der Waals surface area contributed by atoms with E-state index in [1.165, 1.54) is 0 Å². The Morgan fingerprint density at radius 3 is 2.32 bits per heavy atom. The van der Waals surface area contributed by atoms with E-state index in [1.807, 2.05) is 66.7 Å². The third-order valence-electron chi connectivity index (χ3n) is 3.29. The molecule has 1 N–H and O–H groups in total. The number of furan rings is 1. The Morgan fingerprint density at radius 1 is 0.818 bits per heavy atom. The highest BCUT2D eigenvalue weighted by Crippen LogP contribution is 2.21. The summed E-state index contributed by atoms with van der Waals surface area (Å²) in [7, 11) is 0. The highest BCUT2D eigenvalue weighted by molar-refractivity contribution is 6.31. The summed E-state index contributed by atoms with van der Waals surface area (Å²) in [5, 5.41) is 4.13. The molecule has 2 aromatic carbocycles. The first-order valence-corrected chi connectivity index (χ1v) is 7.29. The maximum Gasteiger partial charge on any atom is 0.134 e. The van der Waals surface area contributed by atoms with Crippen LogP contribution in [0.15, 0.2) is 71.1 Å². The molecule has 114 valence electrons. The Labute approximate surface area is 141 Å². The van der Waals surface area contributed by atoms with E-state index in [4.69, 9.17) is 16.0 Å². The molecule has 0 spiro atoms. The molecule has 0 saturated heterocycles. The van der Waals surface area contributed by atoms with Crippen LogP contribution in [0.3, 0.4) is 0 Å². The van der Waals surface area contributed by atoms with Crippen LogP contribution in [0, 0.1) is 0 Å². The molecule has 0 atom stereocenters. The Hall–Kier alpha value is -1.74. The van der Waals surface area contributed by atoms with Gasteiger partial charge in [0.15, 0.2) is 0 Å². The minimum atomic E-state index is 0. The fraction of sp³-hybridized carbons (Fsp3) is 0.111. The van der Waals surface area contributed by atoms with Crippen LogP contribution in [0.5, 0.6) is 0 Å². The molecule has 1 heterocycles. The van der Waals surface area contributed by atoms with Crippen LogP contribution in [-0.2, 0) is 13.1 Å². The Bertz CT molecular complexity index is 710. The number of rotatable bonds is 5. The summed E-state index contributed by atoms with van der Waals surface area (Å²) in [6, 6.07) is 21.9. The van der Waals surface area contributed by atoms with E-state index in [-0.39, 0.29) is 12.4 Å². The van der Waals surface area contributed by atoms with E-state index in [0.717, 1.165) is 34.2 Å². The standard InChI is InChI=1S/C18H16ClNO.ClH/c19-17-9-5-4-8-15(17)12-20-13-16-10-11-18(21-16)14-6-2-1-3-7-14;/h1-11,20H,12-13H2;1H. The summed E-state index contributed by atoms with van der Waals surface area (Å²) < 4.78 is 5.84. The minimum absolute atomic E-state index is 0. The summed E-state index contributed by atoms with van der Waals surface area (Å²) in [5.74, 6) is 1.81. The Morgan fingerprint density at radius 2 is 1.55 bits per heavy atom. The molecule has 2 nitrogen and oxygen atoms in total. The third-order valence-corrected chi connectivity index (χ3v) is 3.66. The zero-order valence-corrected chi connectivity index (χ0v) is 13.5. The van der Waals surface area contributed by atoms with Gasteiger partial charge >= 0.3 is 0 Å². The molecule has 1 aromatic heterocycles. The van der Waals surface area contributed by atoms with Crippen molar-refractivity contribution in [3.8, 4) is 11.3 Å². The number of benzene rings is 2. The Kier molecular flexibility index (Phi) is 6.08. The topological polar surface area (TPSA) is 25.2 Å². The normalized spacial score (nSPS) is 10.2. The predicted molar refractivity (Wildman–Crippen MR) is 93.4 cm³/mol. The quantitative estimate of drug-likeness (QED) is 0.684. The maximum atomic E-state index is 6.13. The van der Waals surface area contributed by atoms with Gasteiger partial charge in [-0.05, 0) is 23.8 Å². The van der Waals surface area contributed by atoms with Crippen LogP contribution in [0.1, 0.15) is 11.3 Å². The van der Waals surface area contributed by atoms with Crippen LogP contribution in [0.4, 0.5) is 0 Å². The van der Waals surface area contributed by atoms with Crippen molar-refractivity contribution < 1.29 is 4.42 Å². The summed E-state index contributed by atoms with van der Waals surface area (Å²) in [6.45, 7) is 1.40. The average Bonchev–Trinajstić information content (AvgIpc) is 2.99. The highest BCUT2D eigenvalue weighted by Gasteiger charge is 2.04. The zero-order chi connectivity index (χ0) is 14.5. The van der Waals surface area contributed by atoms with E-state index < -0.39 is 0 Å². The van der Waals surface area contributed by atoms with Gasteiger partial charge < -0.3 is 9.73 Å². The van der Waals surface area contributed by atoms with Gasteiger partial charge in [0, 0.05) is 17.1 Å². The smallest absolute Gasteiger partial charge is 0.134 e. The molecule has 0 fully saturated rings. The van der Waals surface area contributed by atoms with Gasteiger partial charge in [0.2, 0.25) is 0 Å². The lowest BCUT2D eigenvalue weighted by Crippen LogP contribution is -2.12. The molecule has 0 aliphatic rings. The molecule has 0 unspecified atom stereocenters. The molecule has 0 amide bonds. The lowest BCUT2D eigenvalue weighted by atomic mass is 10.2. The molecule has 0 radical (unpaired) electrons. The van der Waals surface area contributed by atoms with Crippen molar-refractivity contribution in [2.24, 2.45) is 0 Å². The molecule has 22 heavy (non-hydrogen) atoms. The van der Waals surface area contributed by atoms with Crippen molar-refractivity contribution in [3.05, 3.63) is 83.1 Å². The van der Waals surface area contributed by atoms with E-state index >= 15 is 0 Å². The monoisotopic (exact) mass is 333 g/mol. The molecular formula is C18H17Cl2NO. The zero-order valence-electron chi connectivity index (χ0n) is 12.0. The Balaban J connectivity index is 0.00000176. The van der Waals surface area contributed by atoms with Crippen LogP contribution in [0.2, 0.25) is 5.02 Å². The summed E-state index contributed by atoms with van der Waals surface area (Å²) >= 11 is 6.13. The fourth-order valence-electron chi connectivity index (χ4n) is 2.19. The highest BCUT2D eigenvalue weighted by atomic mass is 35.5. The number of nitrogens with one attached hydrogen (secondary N) is 1. The first-order valence-electron chi connectivity index (χ1n) is 6.91. The van der Waals surface area contributed by atoms with E-state index in [1.54, 1.807) is 0 Å². The number of halogens is 2.